The summed E-state index contributed by atoms with van der Waals surface area (Å²) >= 11 is 0. The van der Waals surface area contributed by atoms with Crippen molar-refractivity contribution >= 4 is 17.6 Å². The zero-order valence-corrected chi connectivity index (χ0v) is 20.0. The number of nitrogens with zero attached hydrogens (tertiary/aromatic N) is 4. The third-order valence-electron chi connectivity index (χ3n) is 8.27. The smallest absolute Gasteiger partial charge is 0.227 e. The highest BCUT2D eigenvalue weighted by atomic mass is 16.5. The number of nitrogens with two attached hydrogens (primary N) is 1. The molecule has 4 saturated heterocycles. The number of anilines is 1. The number of amides is 2. The molecule has 2 N–H and O–H groups in total. The molecular weight excluding hydrogens is 434 g/mol. The summed E-state index contributed by atoms with van der Waals surface area (Å²) < 4.78 is 11.2. The van der Waals surface area contributed by atoms with Gasteiger partial charge < -0.3 is 25.0 Å². The third kappa shape index (κ3) is 4.92. The first kappa shape index (κ1) is 23.5. The molecule has 1 aromatic rings. The highest BCUT2D eigenvalue weighted by molar-refractivity contribution is 5.81. The molecule has 0 unspecified atom stereocenters. The lowest BCUT2D eigenvalue weighted by Crippen LogP contribution is -2.49. The Morgan fingerprint density at radius 2 is 1.76 bits per heavy atom. The fraction of sp³-hybridized carbons (Fsp3) is 0.720. The van der Waals surface area contributed by atoms with Crippen LogP contribution in [0.4, 0.5) is 5.82 Å². The minimum atomic E-state index is -0.242. The highest BCUT2D eigenvalue weighted by Crippen LogP contribution is 2.45. The number of rotatable bonds is 5. The Hall–Kier alpha value is -2.23. The van der Waals surface area contributed by atoms with E-state index < -0.39 is 0 Å². The maximum Gasteiger partial charge on any atom is 0.227 e. The fourth-order valence-electron chi connectivity index (χ4n) is 6.20. The number of aromatic nitrogens is 1. The number of primary amides is 1. The number of carbonyl (C=O) groups excluding carboxylic acids is 2. The topological polar surface area (TPSA) is 101 Å². The van der Waals surface area contributed by atoms with Crippen molar-refractivity contribution in [2.45, 2.75) is 32.2 Å². The van der Waals surface area contributed by atoms with Crippen LogP contribution < -0.4 is 10.6 Å². The van der Waals surface area contributed by atoms with Gasteiger partial charge >= 0.3 is 0 Å². The predicted molar refractivity (Wildman–Crippen MR) is 127 cm³/mol. The first-order valence-corrected chi connectivity index (χ1v) is 12.7. The van der Waals surface area contributed by atoms with Crippen LogP contribution in [0.2, 0.25) is 0 Å². The average Bonchev–Trinajstić information content (AvgIpc) is 3.21. The lowest BCUT2D eigenvalue weighted by molar-refractivity contribution is -0.143. The number of carbonyl (C=O) groups is 2. The number of pyridine rings is 1. The first-order valence-electron chi connectivity index (χ1n) is 12.7. The van der Waals surface area contributed by atoms with Gasteiger partial charge in [0.05, 0.1) is 19.1 Å². The van der Waals surface area contributed by atoms with Crippen LogP contribution in [0, 0.1) is 17.3 Å². The van der Waals surface area contributed by atoms with Gasteiger partial charge in [-0.2, -0.15) is 0 Å². The van der Waals surface area contributed by atoms with E-state index in [0.29, 0.717) is 25.9 Å². The normalized spacial score (nSPS) is 26.2. The predicted octanol–water partition coefficient (Wildman–Crippen LogP) is 0.871. The summed E-state index contributed by atoms with van der Waals surface area (Å²) in [5, 5.41) is 0. The summed E-state index contributed by atoms with van der Waals surface area (Å²) in [7, 11) is 0. The van der Waals surface area contributed by atoms with Crippen LogP contribution in [0.5, 0.6) is 0 Å². The summed E-state index contributed by atoms with van der Waals surface area (Å²) in [5.74, 6) is 0.881. The van der Waals surface area contributed by atoms with Gasteiger partial charge in [-0.25, -0.2) is 4.98 Å². The van der Waals surface area contributed by atoms with Crippen LogP contribution in [0.3, 0.4) is 0 Å². The standard InChI is InChI=1S/C25H37N5O4/c26-23(31)20-2-7-30(8-3-20)24(32)21-17-28(18-25(21)4-11-33-12-5-25)16-19-1-6-27-22(15-19)29-9-13-34-14-10-29/h1,6,15,20-21H,2-5,7-14,16-18H2,(H2,26,31)/t21-/m0/s1. The lowest BCUT2D eigenvalue weighted by atomic mass is 9.71. The number of hydrogen-bond acceptors (Lipinski definition) is 7. The SMILES string of the molecule is NC(=O)C1CCN(C(=O)[C@@H]2CN(Cc3ccnc(N4CCOCC4)c3)CC23CCOCC3)CC1. The van der Waals surface area contributed by atoms with Crippen molar-refractivity contribution in [2.24, 2.45) is 23.0 Å². The maximum atomic E-state index is 13.7. The Labute approximate surface area is 201 Å². The van der Waals surface area contributed by atoms with E-state index in [9.17, 15) is 9.59 Å². The van der Waals surface area contributed by atoms with Gasteiger partial charge in [0, 0.05) is 76.6 Å². The van der Waals surface area contributed by atoms with Crippen molar-refractivity contribution in [1.29, 1.82) is 0 Å². The van der Waals surface area contributed by atoms with Crippen molar-refractivity contribution in [3.05, 3.63) is 23.9 Å². The lowest BCUT2D eigenvalue weighted by Gasteiger charge is -2.40. The molecule has 0 aliphatic carbocycles. The zero-order chi connectivity index (χ0) is 23.5. The van der Waals surface area contributed by atoms with E-state index in [-0.39, 0.29) is 29.1 Å². The molecule has 4 aliphatic rings. The molecule has 1 spiro atoms. The van der Waals surface area contributed by atoms with Gasteiger partial charge in [0.25, 0.3) is 0 Å². The fourth-order valence-corrected chi connectivity index (χ4v) is 6.20. The van der Waals surface area contributed by atoms with Crippen molar-refractivity contribution in [2.75, 3.05) is 70.6 Å². The zero-order valence-electron chi connectivity index (χ0n) is 20.0. The molecule has 4 fully saturated rings. The van der Waals surface area contributed by atoms with Gasteiger partial charge in [-0.15, -0.1) is 0 Å². The van der Waals surface area contributed by atoms with Crippen molar-refractivity contribution < 1.29 is 19.1 Å². The van der Waals surface area contributed by atoms with Crippen LogP contribution >= 0.6 is 0 Å². The average molecular weight is 472 g/mol. The second-order valence-electron chi connectivity index (χ2n) is 10.3. The highest BCUT2D eigenvalue weighted by Gasteiger charge is 2.51. The van der Waals surface area contributed by atoms with E-state index in [0.717, 1.165) is 77.8 Å². The molecular formula is C25H37N5O4. The third-order valence-corrected chi connectivity index (χ3v) is 8.27. The van der Waals surface area contributed by atoms with E-state index in [1.54, 1.807) is 0 Å². The van der Waals surface area contributed by atoms with Gasteiger partial charge in [0.1, 0.15) is 5.82 Å². The molecule has 0 saturated carbocycles. The summed E-state index contributed by atoms with van der Waals surface area (Å²) in [5.41, 5.74) is 6.69. The summed E-state index contributed by atoms with van der Waals surface area (Å²) in [4.78, 5) is 36.6. The molecule has 4 aliphatic heterocycles. The second-order valence-corrected chi connectivity index (χ2v) is 10.3. The molecule has 1 atom stereocenters. The first-order chi connectivity index (χ1) is 16.5. The molecule has 186 valence electrons. The molecule has 5 heterocycles. The number of piperidine rings is 1. The quantitative estimate of drug-likeness (QED) is 0.680. The Kier molecular flexibility index (Phi) is 7.04. The number of morpholine rings is 1. The van der Waals surface area contributed by atoms with Crippen LogP contribution in [0.25, 0.3) is 0 Å². The molecule has 2 amide bonds. The Balaban J connectivity index is 1.28. The van der Waals surface area contributed by atoms with Gasteiger partial charge in [-0.1, -0.05) is 0 Å². The minimum Gasteiger partial charge on any atom is -0.381 e. The maximum absolute atomic E-state index is 13.7. The van der Waals surface area contributed by atoms with Crippen LogP contribution in [0.1, 0.15) is 31.2 Å². The monoisotopic (exact) mass is 471 g/mol. The molecule has 0 aromatic carbocycles. The minimum absolute atomic E-state index is 0.0259. The molecule has 9 nitrogen and oxygen atoms in total. The van der Waals surface area contributed by atoms with Crippen molar-refractivity contribution in [3.63, 3.8) is 0 Å². The van der Waals surface area contributed by atoms with E-state index >= 15 is 0 Å². The molecule has 1 aromatic heterocycles. The Morgan fingerprint density at radius 1 is 1.06 bits per heavy atom. The summed E-state index contributed by atoms with van der Waals surface area (Å²) in [6, 6.07) is 4.27. The number of ether oxygens (including phenoxy) is 2. The molecule has 5 rings (SSSR count). The molecule has 0 radical (unpaired) electrons. The van der Waals surface area contributed by atoms with Gasteiger partial charge in [0.2, 0.25) is 11.8 Å². The van der Waals surface area contributed by atoms with E-state index in [1.165, 1.54) is 5.56 Å². The number of likely N-dealkylation sites (tertiary alicyclic amines) is 2. The van der Waals surface area contributed by atoms with Crippen LogP contribution in [-0.2, 0) is 25.6 Å². The summed E-state index contributed by atoms with van der Waals surface area (Å²) in [6.07, 6.45) is 5.09. The number of hydrogen-bond donors (Lipinski definition) is 1. The summed E-state index contributed by atoms with van der Waals surface area (Å²) in [6.45, 7) is 8.41. The van der Waals surface area contributed by atoms with Gasteiger partial charge in [0.15, 0.2) is 0 Å². The largest absolute Gasteiger partial charge is 0.381 e. The van der Waals surface area contributed by atoms with Gasteiger partial charge in [-0.3, -0.25) is 14.5 Å². The molecule has 0 bridgehead atoms. The van der Waals surface area contributed by atoms with E-state index in [4.69, 9.17) is 15.2 Å². The molecule has 9 heteroatoms. The Morgan fingerprint density at radius 3 is 2.47 bits per heavy atom. The second kappa shape index (κ2) is 10.2. The van der Waals surface area contributed by atoms with E-state index in [2.05, 4.69) is 26.9 Å². The van der Waals surface area contributed by atoms with Crippen LogP contribution in [0.15, 0.2) is 18.3 Å². The van der Waals surface area contributed by atoms with Crippen LogP contribution in [-0.4, -0.2) is 92.3 Å². The van der Waals surface area contributed by atoms with E-state index in [1.807, 2.05) is 11.1 Å². The molecule has 34 heavy (non-hydrogen) atoms. The van der Waals surface area contributed by atoms with Crippen molar-refractivity contribution in [1.82, 2.24) is 14.8 Å². The van der Waals surface area contributed by atoms with Crippen molar-refractivity contribution in [3.8, 4) is 0 Å². The van der Waals surface area contributed by atoms with Gasteiger partial charge in [-0.05, 0) is 43.4 Å². The Bertz CT molecular complexity index is 876.